The van der Waals surface area contributed by atoms with Gasteiger partial charge in [-0.25, -0.2) is 4.98 Å². The molecule has 0 unspecified atom stereocenters. The number of rotatable bonds is 5. The van der Waals surface area contributed by atoms with E-state index in [9.17, 15) is 14.4 Å². The van der Waals surface area contributed by atoms with E-state index in [0.717, 1.165) is 11.8 Å². The summed E-state index contributed by atoms with van der Waals surface area (Å²) in [4.78, 5) is 42.1. The van der Waals surface area contributed by atoms with Crippen LogP contribution in [0.2, 0.25) is 0 Å². The molecule has 1 atom stereocenters. The molecule has 2 rings (SSSR count). The molecule has 1 amide bonds. The van der Waals surface area contributed by atoms with Gasteiger partial charge in [0.25, 0.3) is 5.56 Å². The van der Waals surface area contributed by atoms with Gasteiger partial charge in [0.1, 0.15) is 5.25 Å². The van der Waals surface area contributed by atoms with Crippen LogP contribution in [0.25, 0.3) is 0 Å². The highest BCUT2D eigenvalue weighted by molar-refractivity contribution is 8.01. The highest BCUT2D eigenvalue weighted by atomic mass is 32.2. The maximum Gasteiger partial charge on any atom is 0.251 e. The van der Waals surface area contributed by atoms with E-state index in [-0.39, 0.29) is 16.5 Å². The number of carbonyl (C=O) groups excluding carboxylic acids is 2. The van der Waals surface area contributed by atoms with Crippen molar-refractivity contribution in [3.63, 3.8) is 0 Å². The van der Waals surface area contributed by atoms with Crippen LogP contribution in [-0.2, 0) is 9.59 Å². The van der Waals surface area contributed by atoms with Crippen LogP contribution in [0.15, 0.2) is 46.3 Å². The second kappa shape index (κ2) is 7.04. The van der Waals surface area contributed by atoms with Gasteiger partial charge >= 0.3 is 0 Å². The zero-order chi connectivity index (χ0) is 16.1. The molecule has 0 bridgehead atoms. The number of aryl methyl sites for hydroxylation is 1. The molecule has 0 saturated heterocycles. The Morgan fingerprint density at radius 1 is 1.27 bits per heavy atom. The van der Waals surface area contributed by atoms with Crippen molar-refractivity contribution in [2.75, 3.05) is 5.32 Å². The van der Waals surface area contributed by atoms with E-state index in [1.807, 2.05) is 6.07 Å². The Balaban J connectivity index is 2.17. The van der Waals surface area contributed by atoms with Crippen molar-refractivity contribution >= 4 is 29.1 Å². The number of benzene rings is 1. The Kier molecular flexibility index (Phi) is 5.11. The lowest BCUT2D eigenvalue weighted by molar-refractivity contribution is -0.123. The Bertz CT molecular complexity index is 743. The van der Waals surface area contributed by atoms with Crippen LogP contribution < -0.4 is 10.9 Å². The van der Waals surface area contributed by atoms with Gasteiger partial charge in [0, 0.05) is 17.4 Å². The molecular weight excluding hydrogens is 302 g/mol. The molecule has 7 heteroatoms. The molecule has 0 spiro atoms. The van der Waals surface area contributed by atoms with Crippen molar-refractivity contribution < 1.29 is 9.59 Å². The Labute approximate surface area is 131 Å². The summed E-state index contributed by atoms with van der Waals surface area (Å²) < 4.78 is 0. The third-order valence-electron chi connectivity index (χ3n) is 2.73. The molecule has 0 aliphatic heterocycles. The number of carbonyl (C=O) groups is 2. The predicted molar refractivity (Wildman–Crippen MR) is 85.0 cm³/mol. The van der Waals surface area contributed by atoms with Gasteiger partial charge in [-0.15, -0.1) is 0 Å². The quantitative estimate of drug-likeness (QED) is 0.498. The third kappa shape index (κ3) is 4.29. The minimum absolute atomic E-state index is 0.244. The normalized spacial score (nSPS) is 11.7. The van der Waals surface area contributed by atoms with Crippen LogP contribution in [0.5, 0.6) is 0 Å². The van der Waals surface area contributed by atoms with Crippen molar-refractivity contribution in [2.45, 2.75) is 24.3 Å². The highest BCUT2D eigenvalue weighted by Crippen LogP contribution is 2.21. The molecule has 0 saturated carbocycles. The van der Waals surface area contributed by atoms with Gasteiger partial charge in [0.15, 0.2) is 10.9 Å². The van der Waals surface area contributed by atoms with Crippen molar-refractivity contribution in [1.82, 2.24) is 9.97 Å². The topological polar surface area (TPSA) is 91.9 Å². The van der Waals surface area contributed by atoms with Crippen molar-refractivity contribution in [2.24, 2.45) is 0 Å². The summed E-state index contributed by atoms with van der Waals surface area (Å²) in [5.74, 6) is -0.768. The van der Waals surface area contributed by atoms with E-state index in [0.29, 0.717) is 11.4 Å². The molecule has 1 aromatic heterocycles. The number of H-pyrrole nitrogens is 1. The Hall–Kier alpha value is -2.41. The zero-order valence-corrected chi connectivity index (χ0v) is 12.9. The van der Waals surface area contributed by atoms with Crippen molar-refractivity contribution in [3.8, 4) is 0 Å². The van der Waals surface area contributed by atoms with E-state index in [1.165, 1.54) is 13.0 Å². The molecule has 6 nitrogen and oxygen atoms in total. The van der Waals surface area contributed by atoms with Crippen molar-refractivity contribution in [3.05, 3.63) is 52.4 Å². The number of hydrogen-bond donors (Lipinski definition) is 2. The second-order valence-corrected chi connectivity index (χ2v) is 5.75. The van der Waals surface area contributed by atoms with E-state index < -0.39 is 11.2 Å². The molecule has 2 aromatic rings. The number of thioether (sulfide) groups is 1. The van der Waals surface area contributed by atoms with E-state index in [2.05, 4.69) is 15.3 Å². The van der Waals surface area contributed by atoms with Crippen LogP contribution in [0.1, 0.15) is 12.6 Å². The molecule has 0 aliphatic carbocycles. The smallest absolute Gasteiger partial charge is 0.251 e. The Morgan fingerprint density at radius 2 is 1.95 bits per heavy atom. The average molecular weight is 317 g/mol. The number of aromatic nitrogens is 2. The van der Waals surface area contributed by atoms with Gasteiger partial charge in [-0.3, -0.25) is 14.4 Å². The summed E-state index contributed by atoms with van der Waals surface area (Å²) in [6, 6.07) is 10.2. The molecule has 0 radical (unpaired) electrons. The number of hydrogen-bond acceptors (Lipinski definition) is 5. The largest absolute Gasteiger partial charge is 0.325 e. The molecule has 114 valence electrons. The fraction of sp³-hybridized carbons (Fsp3) is 0.200. The lowest BCUT2D eigenvalue weighted by Gasteiger charge is -2.13. The minimum atomic E-state index is -0.981. The fourth-order valence-electron chi connectivity index (χ4n) is 1.77. The number of aromatic amines is 1. The van der Waals surface area contributed by atoms with E-state index in [1.54, 1.807) is 31.2 Å². The second-order valence-electron chi connectivity index (χ2n) is 4.66. The first-order chi connectivity index (χ1) is 10.5. The molecular formula is C15H15N3O3S. The SMILES string of the molecule is CC(=O)[C@H](Sc1nc(C)cc(=O)[nH]1)C(=O)Nc1ccccc1. The van der Waals surface area contributed by atoms with Gasteiger partial charge in [0.2, 0.25) is 5.91 Å². The zero-order valence-electron chi connectivity index (χ0n) is 12.1. The van der Waals surface area contributed by atoms with Gasteiger partial charge in [-0.05, 0) is 26.0 Å². The molecule has 0 aliphatic rings. The lowest BCUT2D eigenvalue weighted by Crippen LogP contribution is -2.31. The first-order valence-corrected chi connectivity index (χ1v) is 7.44. The molecule has 2 N–H and O–H groups in total. The van der Waals surface area contributed by atoms with Crippen LogP contribution in [0.4, 0.5) is 5.69 Å². The predicted octanol–water partition coefficient (Wildman–Crippen LogP) is 1.77. The summed E-state index contributed by atoms with van der Waals surface area (Å²) in [7, 11) is 0. The first kappa shape index (κ1) is 16.0. The minimum Gasteiger partial charge on any atom is -0.325 e. The van der Waals surface area contributed by atoms with Gasteiger partial charge in [0.05, 0.1) is 0 Å². The summed E-state index contributed by atoms with van der Waals surface area (Å²) >= 11 is 0.924. The van der Waals surface area contributed by atoms with Crippen LogP contribution in [0.3, 0.4) is 0 Å². The summed E-state index contributed by atoms with van der Waals surface area (Å²) in [5.41, 5.74) is 0.808. The molecule has 0 fully saturated rings. The monoisotopic (exact) mass is 317 g/mol. The number of Topliss-reactive ketones (excluding diaryl/α,β-unsaturated/α-hetero) is 1. The molecule has 1 heterocycles. The molecule has 22 heavy (non-hydrogen) atoms. The van der Waals surface area contributed by atoms with E-state index >= 15 is 0 Å². The van der Waals surface area contributed by atoms with Gasteiger partial charge in [-0.2, -0.15) is 0 Å². The van der Waals surface area contributed by atoms with Crippen LogP contribution in [-0.4, -0.2) is 26.9 Å². The van der Waals surface area contributed by atoms with Crippen LogP contribution >= 0.6 is 11.8 Å². The number of para-hydroxylation sites is 1. The van der Waals surface area contributed by atoms with Gasteiger partial charge in [-0.1, -0.05) is 30.0 Å². The van der Waals surface area contributed by atoms with Crippen molar-refractivity contribution in [1.29, 1.82) is 0 Å². The number of ketones is 1. The number of nitrogens with one attached hydrogen (secondary N) is 2. The first-order valence-electron chi connectivity index (χ1n) is 6.56. The maximum absolute atomic E-state index is 12.3. The number of nitrogens with zero attached hydrogens (tertiary/aromatic N) is 1. The summed E-state index contributed by atoms with van der Waals surface area (Å²) in [6.45, 7) is 3.00. The standard InChI is InChI=1S/C15H15N3O3S/c1-9-8-12(20)18-15(16-9)22-13(10(2)19)14(21)17-11-6-4-3-5-7-11/h3-8,13H,1-2H3,(H,17,21)(H,16,18,20)/t13-/m0/s1. The van der Waals surface area contributed by atoms with E-state index in [4.69, 9.17) is 0 Å². The lowest BCUT2D eigenvalue weighted by atomic mass is 10.2. The van der Waals surface area contributed by atoms with Crippen LogP contribution in [0, 0.1) is 6.92 Å². The number of anilines is 1. The maximum atomic E-state index is 12.3. The summed E-state index contributed by atoms with van der Waals surface area (Å²) in [6.07, 6.45) is 0. The highest BCUT2D eigenvalue weighted by Gasteiger charge is 2.26. The Morgan fingerprint density at radius 3 is 2.55 bits per heavy atom. The average Bonchev–Trinajstić information content (AvgIpc) is 2.44. The van der Waals surface area contributed by atoms with Gasteiger partial charge < -0.3 is 10.3 Å². The number of amides is 1. The molecule has 1 aromatic carbocycles. The fourth-order valence-corrected chi connectivity index (χ4v) is 2.68. The third-order valence-corrected chi connectivity index (χ3v) is 3.92. The summed E-state index contributed by atoms with van der Waals surface area (Å²) in [5, 5.41) is 1.93.